The van der Waals surface area contributed by atoms with Gasteiger partial charge in [0, 0.05) is 0 Å². The smallest absolute Gasteiger partial charge is 0.314 e. The molecule has 0 aromatic rings. The van der Waals surface area contributed by atoms with Crippen LogP contribution in [0.1, 0.15) is 71.6 Å². The number of aliphatic carboxylic acids is 1. The third-order valence-electron chi connectivity index (χ3n) is 10.0. The lowest BCUT2D eigenvalue weighted by molar-refractivity contribution is -0.207. The molecule has 5 aliphatic rings. The standard InChI is InChI=1S/C23H36O4/c1-21(26)9-7-15-14(11-21)3-4-17-16(15)8-10-22(2)18(17)5-6-19(22)23(20(24)25)12-27-13-23/h14-19,26H,3-13H2,1-2H3,(H,24,25)/t14-,15+,16-,17-,18+,19+,21-,22+/m1/s1. The number of fused-ring (bicyclic) bond motifs is 5. The molecule has 4 heteroatoms. The minimum atomic E-state index is -0.624. The van der Waals surface area contributed by atoms with Crippen LogP contribution < -0.4 is 0 Å². The van der Waals surface area contributed by atoms with Crippen LogP contribution in [0, 0.1) is 46.3 Å². The fraction of sp³-hybridized carbons (Fsp3) is 0.957. The number of carboxylic acid groups (broad SMARTS) is 1. The van der Waals surface area contributed by atoms with Crippen LogP contribution >= 0.6 is 0 Å². The van der Waals surface area contributed by atoms with E-state index in [9.17, 15) is 15.0 Å². The lowest BCUT2D eigenvalue weighted by atomic mass is 9.47. The number of aliphatic hydroxyl groups is 1. The van der Waals surface area contributed by atoms with Gasteiger partial charge in [-0.05, 0) is 106 Å². The van der Waals surface area contributed by atoms with E-state index in [0.717, 1.165) is 37.0 Å². The third-order valence-corrected chi connectivity index (χ3v) is 10.0. The number of hydrogen-bond donors (Lipinski definition) is 2. The second kappa shape index (κ2) is 5.95. The van der Waals surface area contributed by atoms with Crippen molar-refractivity contribution in [3.05, 3.63) is 0 Å². The third kappa shape index (κ3) is 2.51. The summed E-state index contributed by atoms with van der Waals surface area (Å²) in [6.45, 7) is 5.29. The van der Waals surface area contributed by atoms with Crippen molar-refractivity contribution in [2.75, 3.05) is 13.2 Å². The monoisotopic (exact) mass is 376 g/mol. The number of rotatable bonds is 2. The molecule has 1 heterocycles. The van der Waals surface area contributed by atoms with Crippen molar-refractivity contribution in [3.8, 4) is 0 Å². The van der Waals surface area contributed by atoms with Crippen molar-refractivity contribution >= 4 is 5.97 Å². The molecule has 5 rings (SSSR count). The van der Waals surface area contributed by atoms with Crippen molar-refractivity contribution in [3.63, 3.8) is 0 Å². The maximum atomic E-state index is 12.1. The summed E-state index contributed by atoms with van der Waals surface area (Å²) in [5, 5.41) is 20.5. The zero-order chi connectivity index (χ0) is 19.0. The van der Waals surface area contributed by atoms with Gasteiger partial charge in [0.25, 0.3) is 0 Å². The summed E-state index contributed by atoms with van der Waals surface area (Å²) in [5.41, 5.74) is -0.888. The first-order chi connectivity index (χ1) is 12.8. The van der Waals surface area contributed by atoms with Crippen LogP contribution in [0.15, 0.2) is 0 Å². The summed E-state index contributed by atoms with van der Waals surface area (Å²) in [5.74, 6) is 3.46. The molecule has 0 aromatic carbocycles. The molecule has 0 radical (unpaired) electrons. The van der Waals surface area contributed by atoms with E-state index >= 15 is 0 Å². The Kier molecular flexibility index (Phi) is 4.06. The minimum Gasteiger partial charge on any atom is -0.481 e. The summed E-state index contributed by atoms with van der Waals surface area (Å²) in [6.07, 6.45) is 10.5. The first-order valence-electron chi connectivity index (χ1n) is 11.3. The largest absolute Gasteiger partial charge is 0.481 e. The van der Waals surface area contributed by atoms with Crippen LogP contribution in [-0.2, 0) is 9.53 Å². The molecule has 4 saturated carbocycles. The van der Waals surface area contributed by atoms with Crippen molar-refractivity contribution in [2.24, 2.45) is 46.3 Å². The van der Waals surface area contributed by atoms with E-state index in [1.165, 1.54) is 38.5 Å². The molecule has 0 unspecified atom stereocenters. The molecule has 27 heavy (non-hydrogen) atoms. The summed E-state index contributed by atoms with van der Waals surface area (Å²) in [7, 11) is 0. The molecule has 0 spiro atoms. The van der Waals surface area contributed by atoms with E-state index in [0.29, 0.717) is 25.0 Å². The molecule has 5 fully saturated rings. The number of carboxylic acids is 1. The lowest BCUT2D eigenvalue weighted by Crippen LogP contribution is -2.59. The average molecular weight is 377 g/mol. The Hall–Kier alpha value is -0.610. The lowest BCUT2D eigenvalue weighted by Gasteiger charge is -2.59. The first kappa shape index (κ1) is 18.4. The SMILES string of the molecule is C[C@@]1(O)CC[C@H]2[C@H](CC[C@@H]3[C@@H]2CC[C@]2(C)[C@@H](C4(C(=O)O)COC4)CC[C@@H]32)C1. The van der Waals surface area contributed by atoms with Gasteiger partial charge in [0.15, 0.2) is 0 Å². The number of carbonyl (C=O) groups is 1. The molecule has 2 N–H and O–H groups in total. The zero-order valence-corrected chi connectivity index (χ0v) is 17.0. The van der Waals surface area contributed by atoms with E-state index < -0.39 is 17.0 Å². The minimum absolute atomic E-state index is 0.177. The van der Waals surface area contributed by atoms with Crippen LogP contribution in [0.25, 0.3) is 0 Å². The van der Waals surface area contributed by atoms with Crippen LogP contribution in [-0.4, -0.2) is 35.0 Å². The second-order valence-corrected chi connectivity index (χ2v) is 11.3. The van der Waals surface area contributed by atoms with Gasteiger partial charge in [0.05, 0.1) is 18.8 Å². The summed E-state index contributed by atoms with van der Waals surface area (Å²) in [4.78, 5) is 12.1. The van der Waals surface area contributed by atoms with Gasteiger partial charge < -0.3 is 14.9 Å². The Balaban J connectivity index is 1.39. The van der Waals surface area contributed by atoms with Crippen molar-refractivity contribution in [1.29, 1.82) is 0 Å². The fourth-order valence-electron chi connectivity index (χ4n) is 8.78. The Morgan fingerprint density at radius 2 is 1.67 bits per heavy atom. The van der Waals surface area contributed by atoms with Crippen LogP contribution in [0.4, 0.5) is 0 Å². The predicted octanol–water partition coefficient (Wildman–Crippen LogP) is 4.11. The van der Waals surface area contributed by atoms with Crippen molar-refractivity contribution in [1.82, 2.24) is 0 Å². The number of hydrogen-bond acceptors (Lipinski definition) is 3. The topological polar surface area (TPSA) is 66.8 Å². The molecule has 152 valence electrons. The normalized spacial score (nSPS) is 53.6. The molecule has 4 nitrogen and oxygen atoms in total. The Bertz CT molecular complexity index is 624. The van der Waals surface area contributed by atoms with E-state index in [-0.39, 0.29) is 11.3 Å². The van der Waals surface area contributed by atoms with Crippen LogP contribution in [0.2, 0.25) is 0 Å². The van der Waals surface area contributed by atoms with Gasteiger partial charge in [-0.25, -0.2) is 0 Å². The highest BCUT2D eigenvalue weighted by Gasteiger charge is 2.65. The molecular weight excluding hydrogens is 340 g/mol. The van der Waals surface area contributed by atoms with E-state index in [1.807, 2.05) is 6.92 Å². The molecule has 0 bridgehead atoms. The molecule has 0 aromatic heterocycles. The Labute approximate surface area is 163 Å². The molecule has 1 aliphatic heterocycles. The zero-order valence-electron chi connectivity index (χ0n) is 17.0. The fourth-order valence-corrected chi connectivity index (χ4v) is 8.78. The van der Waals surface area contributed by atoms with Crippen molar-refractivity contribution < 1.29 is 19.7 Å². The van der Waals surface area contributed by atoms with Gasteiger partial charge in [0.2, 0.25) is 0 Å². The maximum Gasteiger partial charge on any atom is 0.314 e. The molecular formula is C23H36O4. The quantitative estimate of drug-likeness (QED) is 0.761. The van der Waals surface area contributed by atoms with E-state index in [2.05, 4.69) is 6.92 Å². The van der Waals surface area contributed by atoms with E-state index in [4.69, 9.17) is 4.74 Å². The Morgan fingerprint density at radius 3 is 2.33 bits per heavy atom. The highest BCUT2D eigenvalue weighted by molar-refractivity contribution is 5.76. The summed E-state index contributed by atoms with van der Waals surface area (Å²) >= 11 is 0. The molecule has 8 atom stereocenters. The highest BCUT2D eigenvalue weighted by atomic mass is 16.5. The van der Waals surface area contributed by atoms with Gasteiger partial charge in [-0.2, -0.15) is 0 Å². The summed E-state index contributed by atoms with van der Waals surface area (Å²) in [6, 6.07) is 0. The maximum absolute atomic E-state index is 12.1. The van der Waals surface area contributed by atoms with Gasteiger partial charge in [-0.15, -0.1) is 0 Å². The van der Waals surface area contributed by atoms with Gasteiger partial charge in [0.1, 0.15) is 5.41 Å². The highest BCUT2D eigenvalue weighted by Crippen LogP contribution is 2.68. The first-order valence-corrected chi connectivity index (χ1v) is 11.3. The van der Waals surface area contributed by atoms with Crippen molar-refractivity contribution in [2.45, 2.75) is 77.2 Å². The van der Waals surface area contributed by atoms with Gasteiger partial charge in [-0.1, -0.05) is 6.92 Å². The van der Waals surface area contributed by atoms with E-state index in [1.54, 1.807) is 0 Å². The second-order valence-electron chi connectivity index (χ2n) is 11.3. The van der Waals surface area contributed by atoms with Crippen LogP contribution in [0.5, 0.6) is 0 Å². The Morgan fingerprint density at radius 1 is 0.926 bits per heavy atom. The van der Waals surface area contributed by atoms with Gasteiger partial charge >= 0.3 is 5.97 Å². The molecule has 4 aliphatic carbocycles. The predicted molar refractivity (Wildman–Crippen MR) is 102 cm³/mol. The molecule has 0 amide bonds. The number of ether oxygens (including phenoxy) is 1. The van der Waals surface area contributed by atoms with Crippen LogP contribution in [0.3, 0.4) is 0 Å². The molecule has 1 saturated heterocycles. The average Bonchev–Trinajstić information content (AvgIpc) is 2.90. The van der Waals surface area contributed by atoms with Gasteiger partial charge in [-0.3, -0.25) is 4.79 Å². The summed E-state index contributed by atoms with van der Waals surface area (Å²) < 4.78 is 5.43.